The van der Waals surface area contributed by atoms with Crippen LogP contribution in [0.4, 0.5) is 5.69 Å². The quantitative estimate of drug-likeness (QED) is 0.575. The summed E-state index contributed by atoms with van der Waals surface area (Å²) >= 11 is 0. The molecule has 0 bridgehead atoms. The molecule has 4 rings (SSSR count). The molecule has 0 saturated carbocycles. The molecule has 7 nitrogen and oxygen atoms in total. The third-order valence-electron chi connectivity index (χ3n) is 4.74. The number of anilines is 1. The molecule has 0 saturated heterocycles. The minimum atomic E-state index is -0.353. The van der Waals surface area contributed by atoms with Gasteiger partial charge in [-0.3, -0.25) is 9.59 Å². The lowest BCUT2D eigenvalue weighted by Gasteiger charge is -2.10. The SMILES string of the molecule is Cc1cccc(NC(=O)Cc2n[nH]c(=O)c3cc(-c4ccccc4)nn23)c1C. The molecule has 140 valence electrons. The number of hydrogen-bond acceptors (Lipinski definition) is 4. The number of amides is 1. The minimum absolute atomic E-state index is 0.0173. The lowest BCUT2D eigenvalue weighted by atomic mass is 10.1. The summed E-state index contributed by atoms with van der Waals surface area (Å²) in [4.78, 5) is 24.7. The number of aromatic amines is 1. The van der Waals surface area contributed by atoms with Crippen molar-refractivity contribution in [2.75, 3.05) is 5.32 Å². The van der Waals surface area contributed by atoms with Gasteiger partial charge in [0.2, 0.25) is 5.91 Å². The molecule has 1 amide bonds. The molecule has 7 heteroatoms. The van der Waals surface area contributed by atoms with Gasteiger partial charge in [0.15, 0.2) is 5.82 Å². The van der Waals surface area contributed by atoms with Crippen LogP contribution < -0.4 is 10.9 Å². The number of carbonyl (C=O) groups is 1. The second kappa shape index (κ2) is 7.11. The van der Waals surface area contributed by atoms with Crippen LogP contribution in [-0.2, 0) is 11.2 Å². The van der Waals surface area contributed by atoms with Gasteiger partial charge in [-0.25, -0.2) is 9.61 Å². The Morgan fingerprint density at radius 3 is 2.68 bits per heavy atom. The maximum absolute atomic E-state index is 12.6. The van der Waals surface area contributed by atoms with E-state index in [0.717, 1.165) is 22.4 Å². The number of H-pyrrole nitrogens is 1. The van der Waals surface area contributed by atoms with Gasteiger partial charge in [0.1, 0.15) is 5.52 Å². The van der Waals surface area contributed by atoms with Crippen molar-refractivity contribution in [3.05, 3.63) is 81.9 Å². The Labute approximate surface area is 161 Å². The third kappa shape index (κ3) is 3.29. The van der Waals surface area contributed by atoms with E-state index in [1.165, 1.54) is 4.52 Å². The zero-order chi connectivity index (χ0) is 19.7. The molecule has 0 unspecified atom stereocenters. The number of nitrogens with one attached hydrogen (secondary N) is 2. The number of nitrogens with zero attached hydrogens (tertiary/aromatic N) is 3. The van der Waals surface area contributed by atoms with Gasteiger partial charge in [0.25, 0.3) is 5.56 Å². The number of aromatic nitrogens is 4. The first-order chi connectivity index (χ1) is 13.5. The fraction of sp³-hybridized carbons (Fsp3) is 0.143. The highest BCUT2D eigenvalue weighted by Gasteiger charge is 2.15. The van der Waals surface area contributed by atoms with Crippen LogP contribution in [0.25, 0.3) is 16.8 Å². The zero-order valence-corrected chi connectivity index (χ0v) is 15.6. The summed E-state index contributed by atoms with van der Waals surface area (Å²) in [6.45, 7) is 3.95. The molecular weight excluding hydrogens is 354 g/mol. The second-order valence-electron chi connectivity index (χ2n) is 6.63. The van der Waals surface area contributed by atoms with E-state index in [0.29, 0.717) is 17.0 Å². The van der Waals surface area contributed by atoms with E-state index in [4.69, 9.17) is 0 Å². The lowest BCUT2D eigenvalue weighted by Crippen LogP contribution is -2.22. The van der Waals surface area contributed by atoms with Crippen LogP contribution in [-0.4, -0.2) is 25.7 Å². The first kappa shape index (κ1) is 17.7. The Morgan fingerprint density at radius 2 is 1.89 bits per heavy atom. The standard InChI is InChI=1S/C21H19N5O2/c1-13-7-6-10-16(14(13)2)22-20(27)12-19-23-24-21(28)18-11-17(25-26(18)19)15-8-4-3-5-9-15/h3-11H,12H2,1-2H3,(H,22,27)(H,24,28). The minimum Gasteiger partial charge on any atom is -0.325 e. The molecule has 2 aromatic heterocycles. The molecule has 2 aromatic carbocycles. The van der Waals surface area contributed by atoms with Crippen LogP contribution in [0.15, 0.2) is 59.4 Å². The molecule has 0 aliphatic rings. The van der Waals surface area contributed by atoms with Crippen molar-refractivity contribution in [3.63, 3.8) is 0 Å². The predicted molar refractivity (Wildman–Crippen MR) is 107 cm³/mol. The summed E-state index contributed by atoms with van der Waals surface area (Å²) in [7, 11) is 0. The van der Waals surface area contributed by atoms with Crippen molar-refractivity contribution >= 4 is 17.1 Å². The van der Waals surface area contributed by atoms with Crippen molar-refractivity contribution in [1.82, 2.24) is 19.8 Å². The van der Waals surface area contributed by atoms with Crippen molar-refractivity contribution in [1.29, 1.82) is 0 Å². The molecule has 0 aliphatic heterocycles. The van der Waals surface area contributed by atoms with Gasteiger partial charge in [-0.15, -0.1) is 0 Å². The molecule has 0 fully saturated rings. The fourth-order valence-electron chi connectivity index (χ4n) is 3.05. The first-order valence-corrected chi connectivity index (χ1v) is 8.92. The van der Waals surface area contributed by atoms with Gasteiger partial charge in [-0.1, -0.05) is 42.5 Å². The fourth-order valence-corrected chi connectivity index (χ4v) is 3.05. The highest BCUT2D eigenvalue weighted by Crippen LogP contribution is 2.20. The van der Waals surface area contributed by atoms with Crippen molar-refractivity contribution in [3.8, 4) is 11.3 Å². The summed E-state index contributed by atoms with van der Waals surface area (Å²) < 4.78 is 1.43. The molecule has 0 radical (unpaired) electrons. The summed E-state index contributed by atoms with van der Waals surface area (Å²) in [6.07, 6.45) is -0.0173. The number of aryl methyl sites for hydroxylation is 1. The maximum atomic E-state index is 12.6. The summed E-state index contributed by atoms with van der Waals surface area (Å²) in [5.74, 6) is 0.130. The summed E-state index contributed by atoms with van der Waals surface area (Å²) in [6, 6.07) is 17.0. The van der Waals surface area contributed by atoms with Gasteiger partial charge in [0.05, 0.1) is 12.1 Å². The van der Waals surface area contributed by atoms with E-state index in [1.54, 1.807) is 6.07 Å². The van der Waals surface area contributed by atoms with Gasteiger partial charge in [-0.2, -0.15) is 10.2 Å². The van der Waals surface area contributed by atoms with E-state index < -0.39 is 0 Å². The normalized spacial score (nSPS) is 10.9. The topological polar surface area (TPSA) is 92.1 Å². The average Bonchev–Trinajstić information content (AvgIpc) is 3.15. The number of rotatable bonds is 4. The van der Waals surface area contributed by atoms with Gasteiger partial charge in [0, 0.05) is 11.3 Å². The molecule has 0 atom stereocenters. The number of carbonyl (C=O) groups excluding carboxylic acids is 1. The summed E-state index contributed by atoms with van der Waals surface area (Å²) in [5, 5.41) is 13.9. The predicted octanol–water partition coefficient (Wildman–Crippen LogP) is 2.88. The monoisotopic (exact) mass is 373 g/mol. The third-order valence-corrected chi connectivity index (χ3v) is 4.74. The molecule has 0 spiro atoms. The highest BCUT2D eigenvalue weighted by atomic mass is 16.1. The Morgan fingerprint density at radius 1 is 1.11 bits per heavy atom. The van der Waals surface area contributed by atoms with Gasteiger partial charge < -0.3 is 5.32 Å². The van der Waals surface area contributed by atoms with E-state index in [9.17, 15) is 9.59 Å². The number of hydrogen-bond donors (Lipinski definition) is 2. The first-order valence-electron chi connectivity index (χ1n) is 8.92. The Balaban J connectivity index is 1.66. The van der Waals surface area contributed by atoms with Crippen molar-refractivity contribution in [2.24, 2.45) is 0 Å². The molecular formula is C21H19N5O2. The van der Waals surface area contributed by atoms with E-state index in [1.807, 2.05) is 62.4 Å². The van der Waals surface area contributed by atoms with Crippen molar-refractivity contribution in [2.45, 2.75) is 20.3 Å². The van der Waals surface area contributed by atoms with E-state index in [-0.39, 0.29) is 17.9 Å². The summed E-state index contributed by atoms with van der Waals surface area (Å²) in [5.41, 5.74) is 4.40. The maximum Gasteiger partial charge on any atom is 0.290 e. The Hall–Kier alpha value is -3.74. The van der Waals surface area contributed by atoms with Crippen LogP contribution in [0.3, 0.4) is 0 Å². The second-order valence-corrected chi connectivity index (χ2v) is 6.63. The molecule has 4 aromatic rings. The highest BCUT2D eigenvalue weighted by molar-refractivity contribution is 5.92. The molecule has 2 heterocycles. The molecule has 28 heavy (non-hydrogen) atoms. The van der Waals surface area contributed by atoms with Crippen molar-refractivity contribution < 1.29 is 4.79 Å². The average molecular weight is 373 g/mol. The van der Waals surface area contributed by atoms with Crippen LogP contribution in [0.5, 0.6) is 0 Å². The lowest BCUT2D eigenvalue weighted by molar-refractivity contribution is -0.115. The van der Waals surface area contributed by atoms with Gasteiger partial charge >= 0.3 is 0 Å². The van der Waals surface area contributed by atoms with Crippen LogP contribution in [0.2, 0.25) is 0 Å². The zero-order valence-electron chi connectivity index (χ0n) is 15.6. The molecule has 2 N–H and O–H groups in total. The van der Waals surface area contributed by atoms with Crippen LogP contribution >= 0.6 is 0 Å². The van der Waals surface area contributed by atoms with Crippen LogP contribution in [0, 0.1) is 13.8 Å². The Bertz CT molecular complexity index is 1220. The number of benzene rings is 2. The molecule has 0 aliphatic carbocycles. The smallest absolute Gasteiger partial charge is 0.290 e. The van der Waals surface area contributed by atoms with E-state index in [2.05, 4.69) is 20.6 Å². The largest absolute Gasteiger partial charge is 0.325 e. The van der Waals surface area contributed by atoms with Crippen LogP contribution in [0.1, 0.15) is 17.0 Å². The van der Waals surface area contributed by atoms with Gasteiger partial charge in [-0.05, 0) is 37.1 Å². The number of fused-ring (bicyclic) bond motifs is 1. The Kier molecular flexibility index (Phi) is 4.49. The van der Waals surface area contributed by atoms with E-state index >= 15 is 0 Å².